The third-order valence-corrected chi connectivity index (χ3v) is 6.34. The molecular weight excluding hydrogens is 404 g/mol. The number of hydrogen-bond acceptors (Lipinski definition) is 4. The second-order valence-electron chi connectivity index (χ2n) is 9.07. The van der Waals surface area contributed by atoms with Gasteiger partial charge < -0.3 is 19.7 Å². The van der Waals surface area contributed by atoms with Gasteiger partial charge in [0.2, 0.25) is 11.8 Å². The lowest BCUT2D eigenvalue weighted by molar-refractivity contribution is -0.127. The quantitative estimate of drug-likeness (QED) is 0.712. The number of nitrogens with zero attached hydrogens (tertiary/aromatic N) is 1. The SMILES string of the molecule is C=CCN1C(=O)C(C)(C)COc2ccc(NC(=O)C3(c4ccccc4)CCOCC3)cc21. The van der Waals surface area contributed by atoms with Gasteiger partial charge in [-0.3, -0.25) is 9.59 Å². The van der Waals surface area contributed by atoms with Crippen LogP contribution in [0.25, 0.3) is 0 Å². The fraction of sp³-hybridized carbons (Fsp3) is 0.385. The molecule has 2 heterocycles. The van der Waals surface area contributed by atoms with Crippen molar-refractivity contribution in [3.8, 4) is 5.75 Å². The average molecular weight is 435 g/mol. The van der Waals surface area contributed by atoms with Crippen molar-refractivity contribution in [2.24, 2.45) is 5.41 Å². The smallest absolute Gasteiger partial charge is 0.236 e. The van der Waals surface area contributed by atoms with Crippen molar-refractivity contribution in [1.29, 1.82) is 0 Å². The van der Waals surface area contributed by atoms with Gasteiger partial charge in [0.05, 0.1) is 16.5 Å². The van der Waals surface area contributed by atoms with Crippen LogP contribution in [0.2, 0.25) is 0 Å². The number of nitrogens with one attached hydrogen (secondary N) is 1. The Hall–Kier alpha value is -3.12. The van der Waals surface area contributed by atoms with Crippen LogP contribution in [0.1, 0.15) is 32.3 Å². The van der Waals surface area contributed by atoms with Gasteiger partial charge in [-0.05, 0) is 50.5 Å². The first-order chi connectivity index (χ1) is 15.4. The highest BCUT2D eigenvalue weighted by atomic mass is 16.5. The first-order valence-electron chi connectivity index (χ1n) is 11.0. The molecule has 4 rings (SSSR count). The molecule has 0 bridgehead atoms. The number of benzene rings is 2. The van der Waals surface area contributed by atoms with Crippen molar-refractivity contribution in [1.82, 2.24) is 0 Å². The molecular formula is C26H30N2O4. The van der Waals surface area contributed by atoms with E-state index in [4.69, 9.17) is 9.47 Å². The molecule has 0 unspecified atom stereocenters. The molecule has 2 amide bonds. The number of carbonyl (C=O) groups is 2. The van der Waals surface area contributed by atoms with Crippen molar-refractivity contribution in [2.45, 2.75) is 32.1 Å². The summed E-state index contributed by atoms with van der Waals surface area (Å²) in [5, 5.41) is 3.11. The van der Waals surface area contributed by atoms with Crippen molar-refractivity contribution in [3.63, 3.8) is 0 Å². The van der Waals surface area contributed by atoms with Gasteiger partial charge in [-0.25, -0.2) is 0 Å². The Morgan fingerprint density at radius 3 is 2.56 bits per heavy atom. The van der Waals surface area contributed by atoms with Crippen molar-refractivity contribution in [2.75, 3.05) is 36.6 Å². The minimum absolute atomic E-state index is 0.0372. The van der Waals surface area contributed by atoms with Crippen LogP contribution in [-0.4, -0.2) is 38.2 Å². The summed E-state index contributed by atoms with van der Waals surface area (Å²) in [5.41, 5.74) is 0.940. The zero-order valence-electron chi connectivity index (χ0n) is 18.7. The van der Waals surface area contributed by atoms with E-state index >= 15 is 0 Å². The lowest BCUT2D eigenvalue weighted by atomic mass is 9.73. The van der Waals surface area contributed by atoms with Gasteiger partial charge in [-0.1, -0.05) is 36.4 Å². The number of amides is 2. The average Bonchev–Trinajstić information content (AvgIpc) is 2.90. The normalized spacial score (nSPS) is 19.3. The lowest BCUT2D eigenvalue weighted by Gasteiger charge is -2.36. The fourth-order valence-electron chi connectivity index (χ4n) is 4.41. The largest absolute Gasteiger partial charge is 0.490 e. The van der Waals surface area contributed by atoms with Crippen molar-refractivity contribution >= 4 is 23.2 Å². The van der Waals surface area contributed by atoms with Gasteiger partial charge in [0.25, 0.3) is 0 Å². The second kappa shape index (κ2) is 8.79. The Bertz CT molecular complexity index is 1010. The van der Waals surface area contributed by atoms with Crippen LogP contribution in [0.4, 0.5) is 11.4 Å². The molecule has 0 aromatic heterocycles. The molecule has 0 atom stereocenters. The van der Waals surface area contributed by atoms with Crippen LogP contribution in [0.5, 0.6) is 5.75 Å². The monoisotopic (exact) mass is 434 g/mol. The van der Waals surface area contributed by atoms with Gasteiger partial charge in [-0.2, -0.15) is 0 Å². The van der Waals surface area contributed by atoms with Gasteiger partial charge in [0.1, 0.15) is 12.4 Å². The third-order valence-electron chi connectivity index (χ3n) is 6.34. The molecule has 168 valence electrons. The Balaban J connectivity index is 1.67. The highest BCUT2D eigenvalue weighted by Gasteiger charge is 2.42. The molecule has 1 N–H and O–H groups in total. The second-order valence-corrected chi connectivity index (χ2v) is 9.07. The van der Waals surface area contributed by atoms with Gasteiger partial charge in [0.15, 0.2) is 0 Å². The predicted molar refractivity (Wildman–Crippen MR) is 125 cm³/mol. The van der Waals surface area contributed by atoms with Crippen LogP contribution in [0.15, 0.2) is 61.2 Å². The number of ether oxygens (including phenoxy) is 2. The van der Waals surface area contributed by atoms with E-state index in [0.717, 1.165) is 5.56 Å². The Morgan fingerprint density at radius 2 is 1.88 bits per heavy atom. The van der Waals surface area contributed by atoms with E-state index < -0.39 is 10.8 Å². The Kier molecular flexibility index (Phi) is 6.07. The molecule has 32 heavy (non-hydrogen) atoms. The van der Waals surface area contributed by atoms with Gasteiger partial charge >= 0.3 is 0 Å². The van der Waals surface area contributed by atoms with Crippen LogP contribution in [-0.2, 0) is 19.7 Å². The molecule has 0 saturated carbocycles. The molecule has 2 aliphatic rings. The molecule has 6 heteroatoms. The molecule has 0 aliphatic carbocycles. The molecule has 6 nitrogen and oxygen atoms in total. The summed E-state index contributed by atoms with van der Waals surface area (Å²) in [6.07, 6.45) is 2.93. The summed E-state index contributed by atoms with van der Waals surface area (Å²) in [6.45, 7) is 9.27. The van der Waals surface area contributed by atoms with Crippen LogP contribution in [0.3, 0.4) is 0 Å². The zero-order chi connectivity index (χ0) is 22.8. The zero-order valence-corrected chi connectivity index (χ0v) is 18.7. The molecule has 0 spiro atoms. The van der Waals surface area contributed by atoms with Crippen LogP contribution >= 0.6 is 0 Å². The standard InChI is InChI=1S/C26H30N2O4/c1-4-14-28-21-17-20(10-11-22(21)32-18-25(2,3)24(28)30)27-23(29)26(12-15-31-16-13-26)19-8-6-5-7-9-19/h4-11,17H,1,12-16,18H2,2-3H3,(H,27,29). The van der Waals surface area contributed by atoms with Gasteiger partial charge in [0, 0.05) is 25.4 Å². The van der Waals surface area contributed by atoms with Crippen molar-refractivity contribution in [3.05, 3.63) is 66.7 Å². The van der Waals surface area contributed by atoms with E-state index in [1.165, 1.54) is 0 Å². The summed E-state index contributed by atoms with van der Waals surface area (Å²) >= 11 is 0. The van der Waals surface area contributed by atoms with E-state index in [9.17, 15) is 9.59 Å². The lowest BCUT2D eigenvalue weighted by Crippen LogP contribution is -2.45. The molecule has 0 radical (unpaired) electrons. The maximum absolute atomic E-state index is 13.6. The summed E-state index contributed by atoms with van der Waals surface area (Å²) in [4.78, 5) is 28.4. The van der Waals surface area contributed by atoms with E-state index in [1.54, 1.807) is 11.0 Å². The third kappa shape index (κ3) is 4.02. The highest BCUT2D eigenvalue weighted by Crippen LogP contribution is 2.40. The highest BCUT2D eigenvalue weighted by molar-refractivity contribution is 6.02. The number of fused-ring (bicyclic) bond motifs is 1. The predicted octanol–water partition coefficient (Wildman–Crippen LogP) is 4.31. The Morgan fingerprint density at radius 1 is 1.16 bits per heavy atom. The molecule has 1 saturated heterocycles. The van der Waals surface area contributed by atoms with E-state index in [-0.39, 0.29) is 18.4 Å². The topological polar surface area (TPSA) is 67.9 Å². The summed E-state index contributed by atoms with van der Waals surface area (Å²) in [7, 11) is 0. The number of rotatable bonds is 5. The molecule has 1 fully saturated rings. The minimum Gasteiger partial charge on any atom is -0.490 e. The number of carbonyl (C=O) groups excluding carboxylic acids is 2. The van der Waals surface area contributed by atoms with Crippen LogP contribution in [0, 0.1) is 5.41 Å². The minimum atomic E-state index is -0.662. The van der Waals surface area contributed by atoms with Crippen LogP contribution < -0.4 is 15.0 Å². The molecule has 2 aliphatic heterocycles. The maximum atomic E-state index is 13.6. The summed E-state index contributed by atoms with van der Waals surface area (Å²) in [5.74, 6) is 0.515. The Labute approximate surface area is 189 Å². The molecule has 2 aromatic rings. The van der Waals surface area contributed by atoms with Crippen molar-refractivity contribution < 1.29 is 19.1 Å². The fourth-order valence-corrected chi connectivity index (χ4v) is 4.41. The number of anilines is 2. The number of hydrogen-bond donors (Lipinski definition) is 1. The molecule has 2 aromatic carbocycles. The van der Waals surface area contributed by atoms with Gasteiger partial charge in [-0.15, -0.1) is 6.58 Å². The van der Waals surface area contributed by atoms with E-state index in [2.05, 4.69) is 11.9 Å². The first-order valence-corrected chi connectivity index (χ1v) is 11.0. The van der Waals surface area contributed by atoms with E-state index in [0.29, 0.717) is 49.7 Å². The first kappa shape index (κ1) is 22.1. The summed E-state index contributed by atoms with van der Waals surface area (Å²) in [6, 6.07) is 15.3. The summed E-state index contributed by atoms with van der Waals surface area (Å²) < 4.78 is 11.5. The van der Waals surface area contributed by atoms with E-state index in [1.807, 2.05) is 62.4 Å². The maximum Gasteiger partial charge on any atom is 0.236 e.